The van der Waals surface area contributed by atoms with E-state index in [4.69, 9.17) is 0 Å². The third kappa shape index (κ3) is 3.18. The van der Waals surface area contributed by atoms with Crippen molar-refractivity contribution in [2.45, 2.75) is 11.8 Å². The van der Waals surface area contributed by atoms with Crippen LogP contribution in [0, 0.1) is 6.92 Å². The molecule has 3 heterocycles. The van der Waals surface area contributed by atoms with Crippen LogP contribution < -0.4 is 5.32 Å². The second-order valence-electron chi connectivity index (χ2n) is 4.55. The number of nitrogens with zero attached hydrogens (tertiary/aromatic N) is 4. The average Bonchev–Trinajstić information content (AvgIpc) is 2.98. The summed E-state index contributed by atoms with van der Waals surface area (Å²) < 4.78 is 15.6. The van der Waals surface area contributed by atoms with Crippen molar-refractivity contribution in [2.75, 3.05) is 11.6 Å². The molecule has 3 rings (SSSR count). The fraction of sp³-hybridized carbons (Fsp3) is 0.143. The van der Waals surface area contributed by atoms with Gasteiger partial charge in [-0.25, -0.2) is 4.98 Å². The average molecular weight is 331 g/mol. The molecular formula is C14H13N5OS2. The fourth-order valence-corrected chi connectivity index (χ4v) is 2.82. The Morgan fingerprint density at radius 2 is 2.09 bits per heavy atom. The number of aryl methyl sites for hydroxylation is 1. The summed E-state index contributed by atoms with van der Waals surface area (Å²) in [4.78, 5) is 13.6. The molecule has 0 spiro atoms. The van der Waals surface area contributed by atoms with Gasteiger partial charge in [-0.2, -0.15) is 9.36 Å². The summed E-state index contributed by atoms with van der Waals surface area (Å²) in [6.07, 6.45) is 4.93. The van der Waals surface area contributed by atoms with E-state index in [1.54, 1.807) is 30.8 Å². The van der Waals surface area contributed by atoms with Gasteiger partial charge >= 0.3 is 0 Å². The molecule has 22 heavy (non-hydrogen) atoms. The van der Waals surface area contributed by atoms with E-state index in [1.807, 2.05) is 19.1 Å². The molecule has 0 aromatic carbocycles. The molecule has 3 aromatic heterocycles. The highest BCUT2D eigenvalue weighted by molar-refractivity contribution is 7.84. The Morgan fingerprint density at radius 3 is 2.77 bits per heavy atom. The van der Waals surface area contributed by atoms with Crippen molar-refractivity contribution in [3.8, 4) is 11.5 Å². The molecule has 0 saturated heterocycles. The third-order valence-electron chi connectivity index (χ3n) is 2.96. The largest absolute Gasteiger partial charge is 0.315 e. The van der Waals surface area contributed by atoms with Crippen molar-refractivity contribution >= 4 is 33.3 Å². The minimum atomic E-state index is -1.04. The molecule has 1 N–H and O–H groups in total. The van der Waals surface area contributed by atoms with Gasteiger partial charge in [0.05, 0.1) is 15.7 Å². The predicted octanol–water partition coefficient (Wildman–Crippen LogP) is 2.78. The maximum absolute atomic E-state index is 11.4. The smallest absolute Gasteiger partial charge is 0.208 e. The summed E-state index contributed by atoms with van der Waals surface area (Å²) >= 11 is 1.25. The number of nitrogens with one attached hydrogen (secondary N) is 1. The van der Waals surface area contributed by atoms with E-state index in [9.17, 15) is 4.21 Å². The lowest BCUT2D eigenvalue weighted by Gasteiger charge is -2.03. The first-order valence-corrected chi connectivity index (χ1v) is 8.79. The number of aromatic nitrogens is 4. The zero-order valence-corrected chi connectivity index (χ0v) is 13.6. The molecule has 0 bridgehead atoms. The van der Waals surface area contributed by atoms with E-state index in [0.717, 1.165) is 11.4 Å². The number of hydrogen-bond acceptors (Lipinski definition) is 7. The van der Waals surface area contributed by atoms with Crippen molar-refractivity contribution in [2.24, 2.45) is 0 Å². The summed E-state index contributed by atoms with van der Waals surface area (Å²) in [5.74, 6) is 1.30. The lowest BCUT2D eigenvalue weighted by atomic mass is 10.3. The van der Waals surface area contributed by atoms with E-state index >= 15 is 0 Å². The molecule has 1 unspecified atom stereocenters. The molecular weight excluding hydrogens is 318 g/mol. The number of pyridine rings is 2. The highest BCUT2D eigenvalue weighted by Gasteiger charge is 2.10. The van der Waals surface area contributed by atoms with E-state index in [2.05, 4.69) is 24.6 Å². The molecule has 3 aromatic rings. The maximum atomic E-state index is 11.4. The van der Waals surface area contributed by atoms with Gasteiger partial charge in [0.15, 0.2) is 5.82 Å². The van der Waals surface area contributed by atoms with Gasteiger partial charge in [-0.1, -0.05) is 6.07 Å². The second kappa shape index (κ2) is 6.29. The van der Waals surface area contributed by atoms with Gasteiger partial charge in [0.1, 0.15) is 11.5 Å². The molecule has 0 aliphatic rings. The third-order valence-corrected chi connectivity index (χ3v) is 4.49. The van der Waals surface area contributed by atoms with E-state index in [-0.39, 0.29) is 0 Å². The molecule has 0 fully saturated rings. The van der Waals surface area contributed by atoms with Gasteiger partial charge in [0.2, 0.25) is 5.13 Å². The van der Waals surface area contributed by atoms with Crippen molar-refractivity contribution in [1.29, 1.82) is 0 Å². The first kappa shape index (κ1) is 14.7. The molecule has 0 saturated carbocycles. The van der Waals surface area contributed by atoms with Crippen molar-refractivity contribution in [1.82, 2.24) is 19.3 Å². The Morgan fingerprint density at radius 1 is 1.23 bits per heavy atom. The van der Waals surface area contributed by atoms with E-state index < -0.39 is 10.8 Å². The van der Waals surface area contributed by atoms with Crippen LogP contribution in [-0.2, 0) is 10.8 Å². The predicted molar refractivity (Wildman–Crippen MR) is 87.7 cm³/mol. The number of anilines is 2. The van der Waals surface area contributed by atoms with E-state index in [0.29, 0.717) is 21.5 Å². The van der Waals surface area contributed by atoms with Gasteiger partial charge in [-0.15, -0.1) is 0 Å². The summed E-state index contributed by atoms with van der Waals surface area (Å²) in [6, 6.07) is 7.40. The van der Waals surface area contributed by atoms with Gasteiger partial charge in [-0.3, -0.25) is 9.19 Å². The van der Waals surface area contributed by atoms with Crippen molar-refractivity contribution in [3.63, 3.8) is 0 Å². The van der Waals surface area contributed by atoms with Gasteiger partial charge < -0.3 is 5.32 Å². The highest BCUT2D eigenvalue weighted by atomic mass is 32.2. The molecule has 0 aliphatic heterocycles. The molecule has 6 nitrogen and oxygen atoms in total. The van der Waals surface area contributed by atoms with Crippen LogP contribution in [0.3, 0.4) is 0 Å². The molecule has 0 radical (unpaired) electrons. The normalized spacial score (nSPS) is 12.1. The SMILES string of the molecule is Cc1cccnc1Nc1nc(-c2ccc(S(C)=O)cn2)ns1. The lowest BCUT2D eigenvalue weighted by Crippen LogP contribution is -1.95. The van der Waals surface area contributed by atoms with Crippen LogP contribution >= 0.6 is 11.5 Å². The standard InChI is InChI=1S/C14H13N5OS2/c1-9-4-3-7-15-12(9)17-14-18-13(19-21-14)11-6-5-10(8-16-11)22(2)20/h3-8H,1-2H3,(H,15,17,18,19). The van der Waals surface area contributed by atoms with Crippen LogP contribution in [0.25, 0.3) is 11.5 Å². The Labute approximate surface area is 134 Å². The zero-order chi connectivity index (χ0) is 15.5. The summed E-state index contributed by atoms with van der Waals surface area (Å²) in [6.45, 7) is 1.97. The van der Waals surface area contributed by atoms with E-state index in [1.165, 1.54) is 11.5 Å². The summed E-state index contributed by atoms with van der Waals surface area (Å²) in [7, 11) is -1.04. The maximum Gasteiger partial charge on any atom is 0.208 e. The van der Waals surface area contributed by atoms with Crippen LogP contribution in [0.15, 0.2) is 41.6 Å². The molecule has 8 heteroatoms. The zero-order valence-electron chi connectivity index (χ0n) is 12.0. The van der Waals surface area contributed by atoms with Gasteiger partial charge in [0.25, 0.3) is 0 Å². The Kier molecular flexibility index (Phi) is 4.21. The summed E-state index contributed by atoms with van der Waals surface area (Å²) in [5, 5.41) is 3.80. The second-order valence-corrected chi connectivity index (χ2v) is 6.68. The van der Waals surface area contributed by atoms with Gasteiger partial charge in [-0.05, 0) is 30.7 Å². The summed E-state index contributed by atoms with van der Waals surface area (Å²) in [5.41, 5.74) is 1.68. The quantitative estimate of drug-likeness (QED) is 0.792. The number of hydrogen-bond donors (Lipinski definition) is 1. The first-order valence-electron chi connectivity index (χ1n) is 6.45. The van der Waals surface area contributed by atoms with Crippen LogP contribution in [0.4, 0.5) is 10.9 Å². The van der Waals surface area contributed by atoms with Gasteiger partial charge in [0, 0.05) is 30.2 Å². The van der Waals surface area contributed by atoms with Crippen molar-refractivity contribution < 1.29 is 4.21 Å². The van der Waals surface area contributed by atoms with Crippen molar-refractivity contribution in [3.05, 3.63) is 42.2 Å². The fourth-order valence-electron chi connectivity index (χ4n) is 1.78. The van der Waals surface area contributed by atoms with Crippen LogP contribution in [-0.4, -0.2) is 29.8 Å². The highest BCUT2D eigenvalue weighted by Crippen LogP contribution is 2.23. The number of rotatable bonds is 4. The topological polar surface area (TPSA) is 80.7 Å². The van der Waals surface area contributed by atoms with Crippen LogP contribution in [0.5, 0.6) is 0 Å². The minimum absolute atomic E-state index is 0.537. The molecule has 0 amide bonds. The first-order chi connectivity index (χ1) is 10.6. The Hall–Kier alpha value is -2.19. The van der Waals surface area contributed by atoms with Crippen LogP contribution in [0.1, 0.15) is 5.56 Å². The molecule has 112 valence electrons. The monoisotopic (exact) mass is 331 g/mol. The Balaban J connectivity index is 1.81. The Bertz CT molecular complexity index is 816. The van der Waals surface area contributed by atoms with Crippen LogP contribution in [0.2, 0.25) is 0 Å². The molecule has 0 aliphatic carbocycles. The lowest BCUT2D eigenvalue weighted by molar-refractivity contribution is 0.686. The minimum Gasteiger partial charge on any atom is -0.315 e. The molecule has 1 atom stereocenters.